The van der Waals surface area contributed by atoms with Gasteiger partial charge in [-0.1, -0.05) is 51.2 Å². The molecule has 0 aromatic heterocycles. The van der Waals surface area contributed by atoms with E-state index >= 15 is 0 Å². The van der Waals surface area contributed by atoms with Crippen LogP contribution in [0, 0.1) is 29.1 Å². The molecule has 98 valence electrons. The Hall–Kier alpha value is -1.03. The van der Waals surface area contributed by atoms with Gasteiger partial charge in [0, 0.05) is 5.57 Å². The molecule has 1 unspecified atom stereocenters. The highest BCUT2D eigenvalue weighted by Gasteiger charge is 2.26. The molecule has 2 aliphatic carbocycles. The SMILES string of the molecule is CCCCC1CCC(C2C=CC(C#N)=CC2)CC1. The van der Waals surface area contributed by atoms with Gasteiger partial charge in [-0.15, -0.1) is 0 Å². The van der Waals surface area contributed by atoms with Crippen molar-refractivity contribution in [3.05, 3.63) is 23.8 Å². The van der Waals surface area contributed by atoms with Gasteiger partial charge in [0.2, 0.25) is 0 Å². The fourth-order valence-electron chi connectivity index (χ4n) is 3.47. The van der Waals surface area contributed by atoms with Crippen LogP contribution in [0.15, 0.2) is 23.8 Å². The molecule has 1 fully saturated rings. The zero-order valence-electron chi connectivity index (χ0n) is 11.6. The molecule has 0 aromatic carbocycles. The molecule has 1 nitrogen and oxygen atoms in total. The van der Waals surface area contributed by atoms with Crippen LogP contribution in [-0.2, 0) is 0 Å². The molecular formula is C17H25N. The van der Waals surface area contributed by atoms with E-state index < -0.39 is 0 Å². The number of allylic oxidation sites excluding steroid dienone is 4. The lowest BCUT2D eigenvalue weighted by Gasteiger charge is -2.33. The van der Waals surface area contributed by atoms with E-state index in [9.17, 15) is 0 Å². The molecule has 2 aliphatic rings. The van der Waals surface area contributed by atoms with Crippen LogP contribution in [0.2, 0.25) is 0 Å². The first-order valence-corrected chi connectivity index (χ1v) is 7.62. The number of rotatable bonds is 4. The van der Waals surface area contributed by atoms with Gasteiger partial charge in [0.15, 0.2) is 0 Å². The first-order valence-electron chi connectivity index (χ1n) is 7.62. The van der Waals surface area contributed by atoms with E-state index in [1.807, 2.05) is 6.08 Å². The van der Waals surface area contributed by atoms with E-state index in [0.29, 0.717) is 5.92 Å². The van der Waals surface area contributed by atoms with Crippen molar-refractivity contribution in [3.8, 4) is 6.07 Å². The first kappa shape index (κ1) is 13.4. The molecule has 1 atom stereocenters. The summed E-state index contributed by atoms with van der Waals surface area (Å²) in [6.45, 7) is 2.29. The predicted octanol–water partition coefficient (Wildman–Crippen LogP) is 5.01. The summed E-state index contributed by atoms with van der Waals surface area (Å²) in [6.07, 6.45) is 17.4. The highest BCUT2D eigenvalue weighted by molar-refractivity contribution is 5.35. The summed E-state index contributed by atoms with van der Waals surface area (Å²) in [5, 5.41) is 8.84. The zero-order valence-corrected chi connectivity index (χ0v) is 11.6. The Morgan fingerprint density at radius 2 is 2.06 bits per heavy atom. The molecule has 0 aliphatic heterocycles. The minimum absolute atomic E-state index is 0.703. The quantitative estimate of drug-likeness (QED) is 0.681. The topological polar surface area (TPSA) is 23.8 Å². The number of nitriles is 1. The van der Waals surface area contributed by atoms with Crippen LogP contribution in [-0.4, -0.2) is 0 Å². The van der Waals surface area contributed by atoms with Crippen LogP contribution in [0.5, 0.6) is 0 Å². The molecule has 0 aromatic rings. The third kappa shape index (κ3) is 3.48. The van der Waals surface area contributed by atoms with Gasteiger partial charge >= 0.3 is 0 Å². The molecule has 2 rings (SSSR count). The molecule has 18 heavy (non-hydrogen) atoms. The van der Waals surface area contributed by atoms with Crippen molar-refractivity contribution in [2.24, 2.45) is 17.8 Å². The van der Waals surface area contributed by atoms with Crippen LogP contribution >= 0.6 is 0 Å². The third-order valence-electron chi connectivity index (χ3n) is 4.72. The van der Waals surface area contributed by atoms with E-state index in [0.717, 1.165) is 23.8 Å². The van der Waals surface area contributed by atoms with Crippen LogP contribution < -0.4 is 0 Å². The summed E-state index contributed by atoms with van der Waals surface area (Å²) in [5.41, 5.74) is 0.850. The standard InChI is InChI=1S/C17H25N/c1-2-3-4-14-5-9-16(10-6-14)17-11-7-15(13-18)8-12-17/h7-8,11,14,16-17H,2-6,9-10,12H2,1H3. The minimum Gasteiger partial charge on any atom is -0.192 e. The lowest BCUT2D eigenvalue weighted by molar-refractivity contribution is 0.219. The van der Waals surface area contributed by atoms with Crippen LogP contribution in [0.4, 0.5) is 0 Å². The van der Waals surface area contributed by atoms with Gasteiger partial charge in [0.1, 0.15) is 0 Å². The van der Waals surface area contributed by atoms with Gasteiger partial charge in [-0.05, 0) is 43.1 Å². The van der Waals surface area contributed by atoms with Crippen molar-refractivity contribution in [2.75, 3.05) is 0 Å². The maximum absolute atomic E-state index is 8.84. The number of hydrogen-bond donors (Lipinski definition) is 0. The second-order valence-electron chi connectivity index (χ2n) is 5.95. The van der Waals surface area contributed by atoms with E-state index in [1.54, 1.807) is 0 Å². The van der Waals surface area contributed by atoms with Crippen molar-refractivity contribution in [1.29, 1.82) is 5.26 Å². The molecule has 0 amide bonds. The van der Waals surface area contributed by atoms with Crippen LogP contribution in [0.1, 0.15) is 58.3 Å². The van der Waals surface area contributed by atoms with Crippen molar-refractivity contribution >= 4 is 0 Å². The average molecular weight is 243 g/mol. The van der Waals surface area contributed by atoms with E-state index in [1.165, 1.54) is 44.9 Å². The zero-order chi connectivity index (χ0) is 12.8. The van der Waals surface area contributed by atoms with E-state index in [4.69, 9.17) is 5.26 Å². The highest BCUT2D eigenvalue weighted by atomic mass is 14.3. The van der Waals surface area contributed by atoms with Crippen LogP contribution in [0.25, 0.3) is 0 Å². The Morgan fingerprint density at radius 1 is 1.28 bits per heavy atom. The highest BCUT2D eigenvalue weighted by Crippen LogP contribution is 2.38. The normalized spacial score (nSPS) is 31.8. The summed E-state index contributed by atoms with van der Waals surface area (Å²) in [6, 6.07) is 2.23. The van der Waals surface area contributed by atoms with Crippen molar-refractivity contribution < 1.29 is 0 Å². The fraction of sp³-hybridized carbons (Fsp3) is 0.706. The minimum atomic E-state index is 0.703. The lowest BCUT2D eigenvalue weighted by atomic mass is 9.72. The van der Waals surface area contributed by atoms with Crippen molar-refractivity contribution in [1.82, 2.24) is 0 Å². The molecular weight excluding hydrogens is 218 g/mol. The monoisotopic (exact) mass is 243 g/mol. The fourth-order valence-corrected chi connectivity index (χ4v) is 3.47. The largest absolute Gasteiger partial charge is 0.192 e. The smallest absolute Gasteiger partial charge is 0.0988 e. The molecule has 0 N–H and O–H groups in total. The Kier molecular flexibility index (Phi) is 5.05. The molecule has 0 bridgehead atoms. The van der Waals surface area contributed by atoms with Crippen LogP contribution in [0.3, 0.4) is 0 Å². The second kappa shape index (κ2) is 6.78. The maximum atomic E-state index is 8.84. The Morgan fingerprint density at radius 3 is 2.61 bits per heavy atom. The third-order valence-corrected chi connectivity index (χ3v) is 4.72. The average Bonchev–Trinajstić information content (AvgIpc) is 2.46. The van der Waals surface area contributed by atoms with Gasteiger partial charge in [0.25, 0.3) is 0 Å². The molecule has 0 saturated heterocycles. The lowest BCUT2D eigenvalue weighted by Crippen LogP contribution is -2.21. The molecule has 0 spiro atoms. The molecule has 1 heteroatoms. The summed E-state index contributed by atoms with van der Waals surface area (Å²) < 4.78 is 0. The Labute approximate surface area is 112 Å². The summed E-state index contributed by atoms with van der Waals surface area (Å²) in [7, 11) is 0. The van der Waals surface area contributed by atoms with E-state index in [-0.39, 0.29) is 0 Å². The van der Waals surface area contributed by atoms with E-state index in [2.05, 4.69) is 25.1 Å². The Bertz CT molecular complexity index is 350. The second-order valence-corrected chi connectivity index (χ2v) is 5.95. The molecule has 0 radical (unpaired) electrons. The number of nitrogens with zero attached hydrogens (tertiary/aromatic N) is 1. The number of unbranched alkanes of at least 4 members (excludes halogenated alkanes) is 1. The summed E-state index contributed by atoms with van der Waals surface area (Å²) in [5.74, 6) is 2.57. The van der Waals surface area contributed by atoms with Crippen molar-refractivity contribution in [2.45, 2.75) is 58.3 Å². The molecule has 1 saturated carbocycles. The van der Waals surface area contributed by atoms with Gasteiger partial charge in [-0.25, -0.2) is 0 Å². The predicted molar refractivity (Wildman–Crippen MR) is 75.9 cm³/mol. The van der Waals surface area contributed by atoms with Gasteiger partial charge < -0.3 is 0 Å². The van der Waals surface area contributed by atoms with Gasteiger partial charge in [0.05, 0.1) is 6.07 Å². The number of hydrogen-bond acceptors (Lipinski definition) is 1. The van der Waals surface area contributed by atoms with Crippen molar-refractivity contribution in [3.63, 3.8) is 0 Å². The summed E-state index contributed by atoms with van der Waals surface area (Å²) in [4.78, 5) is 0. The van der Waals surface area contributed by atoms with Gasteiger partial charge in [-0.3, -0.25) is 0 Å². The summed E-state index contributed by atoms with van der Waals surface area (Å²) >= 11 is 0. The van der Waals surface area contributed by atoms with Gasteiger partial charge in [-0.2, -0.15) is 5.26 Å². The Balaban J connectivity index is 1.76. The maximum Gasteiger partial charge on any atom is 0.0988 e. The molecule has 0 heterocycles. The first-order chi connectivity index (χ1) is 8.83.